The number of hydrogen-bond acceptors (Lipinski definition) is 10. The molecule has 2 bridgehead atoms. The minimum absolute atomic E-state index is 0.0968. The lowest BCUT2D eigenvalue weighted by molar-refractivity contribution is -0.139. The van der Waals surface area contributed by atoms with E-state index in [1.807, 2.05) is 0 Å². The van der Waals surface area contributed by atoms with Crippen molar-refractivity contribution in [3.8, 4) is 0 Å². The van der Waals surface area contributed by atoms with Gasteiger partial charge in [0.05, 0.1) is 19.8 Å². The molecule has 3 saturated carbocycles. The Balaban J connectivity index is 1.53. The Morgan fingerprint density at radius 3 is 2.59 bits per heavy atom. The quantitative estimate of drug-likeness (QED) is 0.464. The molecule has 0 radical (unpaired) electrons. The molecule has 10 nitrogen and oxygen atoms in total. The summed E-state index contributed by atoms with van der Waals surface area (Å²) in [7, 11) is -1.54. The highest BCUT2D eigenvalue weighted by atomic mass is 35.5. The second kappa shape index (κ2) is 9.15. The average molecular weight is 569 g/mol. The van der Waals surface area contributed by atoms with Crippen molar-refractivity contribution in [1.29, 1.82) is 0 Å². The van der Waals surface area contributed by atoms with E-state index in [2.05, 4.69) is 19.8 Å². The predicted molar refractivity (Wildman–Crippen MR) is 133 cm³/mol. The zero-order chi connectivity index (χ0) is 26.6. The minimum Gasteiger partial charge on any atom is -0.468 e. The highest BCUT2D eigenvalue weighted by Gasteiger charge is 2.71. The number of thiazole rings is 1. The first-order valence-corrected chi connectivity index (χ1v) is 14.0. The van der Waals surface area contributed by atoms with Gasteiger partial charge in [-0.15, -0.1) is 11.3 Å². The summed E-state index contributed by atoms with van der Waals surface area (Å²) in [5.74, 6) is -2.40. The summed E-state index contributed by atoms with van der Waals surface area (Å²) in [5, 5.41) is 5.71. The first-order valence-electron chi connectivity index (χ1n) is 11.1. The van der Waals surface area contributed by atoms with Gasteiger partial charge in [0.15, 0.2) is 16.6 Å². The maximum Gasteiger partial charge on any atom is 0.338 e. The van der Waals surface area contributed by atoms with E-state index in [-0.39, 0.29) is 10.6 Å². The van der Waals surface area contributed by atoms with Crippen LogP contribution in [0.3, 0.4) is 0 Å². The summed E-state index contributed by atoms with van der Waals surface area (Å²) in [6, 6.07) is 2.96. The van der Waals surface area contributed by atoms with Crippen molar-refractivity contribution in [2.24, 2.45) is 10.4 Å². The predicted octanol–water partition coefficient (Wildman–Crippen LogP) is 2.47. The van der Waals surface area contributed by atoms with Gasteiger partial charge in [0.2, 0.25) is 10.0 Å². The standard InChI is InChI=1S/C23H22ClFN4O6S2/c1-34-15(30)8-37(32,33)29-23-9-22(10-23,11-23)18-16(21(31)35-2)17(13-4-3-12(25)7-14(13)24)27-19(28-18)20-26-5-6-36-20/h3-7,17,29H,8-11H2,1-2H3,(H,27,28). The van der Waals surface area contributed by atoms with Crippen LogP contribution in [0.4, 0.5) is 4.39 Å². The smallest absolute Gasteiger partial charge is 0.338 e. The second-order valence-corrected chi connectivity index (χ2v) is 12.3. The third kappa shape index (κ3) is 4.54. The fourth-order valence-corrected chi connectivity index (χ4v) is 7.66. The van der Waals surface area contributed by atoms with Gasteiger partial charge in [-0.1, -0.05) is 17.7 Å². The Bertz CT molecular complexity index is 1440. The normalized spacial score (nSPS) is 26.4. The summed E-state index contributed by atoms with van der Waals surface area (Å²) < 4.78 is 50.9. The van der Waals surface area contributed by atoms with Gasteiger partial charge in [-0.2, -0.15) is 0 Å². The fraction of sp³-hybridized carbons (Fsp3) is 0.391. The zero-order valence-corrected chi connectivity index (χ0v) is 22.1. The average Bonchev–Trinajstić information content (AvgIpc) is 3.34. The van der Waals surface area contributed by atoms with Crippen LogP contribution in [0.5, 0.6) is 0 Å². The van der Waals surface area contributed by atoms with Crippen molar-refractivity contribution < 1.29 is 31.9 Å². The molecule has 0 spiro atoms. The molecule has 1 aromatic carbocycles. The maximum atomic E-state index is 13.8. The monoisotopic (exact) mass is 568 g/mol. The zero-order valence-electron chi connectivity index (χ0n) is 19.7. The number of benzene rings is 1. The van der Waals surface area contributed by atoms with Gasteiger partial charge in [0, 0.05) is 38.8 Å². The first kappa shape index (κ1) is 25.8. The number of halogens is 2. The molecule has 3 aliphatic carbocycles. The number of carbonyl (C=O) groups excluding carboxylic acids is 2. The van der Waals surface area contributed by atoms with Crippen LogP contribution in [0.1, 0.15) is 35.9 Å². The van der Waals surface area contributed by atoms with Crippen LogP contribution >= 0.6 is 22.9 Å². The first-order chi connectivity index (χ1) is 17.5. The number of esters is 2. The van der Waals surface area contributed by atoms with E-state index in [0.717, 1.165) is 13.2 Å². The van der Waals surface area contributed by atoms with E-state index < -0.39 is 50.5 Å². The third-order valence-electron chi connectivity index (χ3n) is 6.81. The van der Waals surface area contributed by atoms with Crippen LogP contribution in [0, 0.1) is 11.2 Å². The molecule has 37 heavy (non-hydrogen) atoms. The number of allylic oxidation sites excluding steroid dienone is 1. The number of carbonyl (C=O) groups is 2. The summed E-state index contributed by atoms with van der Waals surface area (Å²) in [6.45, 7) is 0. The van der Waals surface area contributed by atoms with Gasteiger partial charge in [-0.3, -0.25) is 9.79 Å². The highest BCUT2D eigenvalue weighted by Crippen LogP contribution is 2.71. The van der Waals surface area contributed by atoms with E-state index in [1.165, 1.54) is 30.6 Å². The Labute approximate surface area is 221 Å². The Morgan fingerprint density at radius 2 is 2.00 bits per heavy atom. The van der Waals surface area contributed by atoms with Crippen molar-refractivity contribution in [2.75, 3.05) is 20.0 Å². The lowest BCUT2D eigenvalue weighted by atomic mass is 9.38. The molecule has 4 aliphatic rings. The molecule has 2 heterocycles. The van der Waals surface area contributed by atoms with Crippen molar-refractivity contribution >= 4 is 50.7 Å². The molecule has 1 unspecified atom stereocenters. The van der Waals surface area contributed by atoms with Crippen LogP contribution < -0.4 is 10.0 Å². The molecule has 0 amide bonds. The number of methoxy groups -OCH3 is 2. The SMILES string of the molecule is COC(=O)CS(=O)(=O)NC12CC(C3=C(C(=O)OC)C(c4ccc(F)cc4Cl)N=C(c4nccs4)N3)(C1)C2. The van der Waals surface area contributed by atoms with Crippen molar-refractivity contribution in [3.05, 3.63) is 62.5 Å². The lowest BCUT2D eigenvalue weighted by Gasteiger charge is -2.71. The van der Waals surface area contributed by atoms with E-state index in [4.69, 9.17) is 21.3 Å². The summed E-state index contributed by atoms with van der Waals surface area (Å²) in [4.78, 5) is 33.7. The number of nitrogens with zero attached hydrogens (tertiary/aromatic N) is 2. The molecule has 196 valence electrons. The van der Waals surface area contributed by atoms with Gasteiger partial charge >= 0.3 is 11.9 Å². The highest BCUT2D eigenvalue weighted by molar-refractivity contribution is 7.90. The number of hydrogen-bond donors (Lipinski definition) is 2. The maximum absolute atomic E-state index is 13.8. The lowest BCUT2D eigenvalue weighted by Crippen LogP contribution is -2.76. The van der Waals surface area contributed by atoms with Crippen LogP contribution in [-0.2, 0) is 29.1 Å². The molecule has 1 aliphatic heterocycles. The molecule has 1 atom stereocenters. The number of aliphatic imine (C=N–C) groups is 1. The van der Waals surface area contributed by atoms with Crippen molar-refractivity contribution in [1.82, 2.24) is 15.0 Å². The van der Waals surface area contributed by atoms with Crippen LogP contribution in [-0.4, -0.2) is 56.7 Å². The molecular weight excluding hydrogens is 547 g/mol. The van der Waals surface area contributed by atoms with E-state index in [9.17, 15) is 22.4 Å². The fourth-order valence-electron chi connectivity index (χ4n) is 5.43. The van der Waals surface area contributed by atoms with E-state index >= 15 is 0 Å². The molecular formula is C23H22ClFN4O6S2. The largest absolute Gasteiger partial charge is 0.468 e. The molecule has 2 aromatic rings. The Kier molecular flexibility index (Phi) is 6.37. The molecule has 6 rings (SSSR count). The summed E-state index contributed by atoms with van der Waals surface area (Å²) in [5.41, 5.74) is -0.139. The number of sulfonamides is 1. The van der Waals surface area contributed by atoms with Gasteiger partial charge < -0.3 is 14.8 Å². The number of rotatable bonds is 8. The summed E-state index contributed by atoms with van der Waals surface area (Å²) >= 11 is 7.73. The van der Waals surface area contributed by atoms with Crippen molar-refractivity contribution in [2.45, 2.75) is 30.8 Å². The Morgan fingerprint density at radius 1 is 1.27 bits per heavy atom. The molecule has 14 heteroatoms. The number of ether oxygens (including phenoxy) is 2. The Hall–Kier alpha value is -2.87. The van der Waals surface area contributed by atoms with Gasteiger partial charge in [0.1, 0.15) is 11.9 Å². The molecule has 1 aromatic heterocycles. The van der Waals surface area contributed by atoms with Gasteiger partial charge in [-0.05, 0) is 31.4 Å². The van der Waals surface area contributed by atoms with Crippen LogP contribution in [0.2, 0.25) is 5.02 Å². The number of amidine groups is 1. The second-order valence-electron chi connectivity index (χ2n) is 9.32. The molecule has 3 fully saturated rings. The van der Waals surface area contributed by atoms with E-state index in [1.54, 1.807) is 11.6 Å². The van der Waals surface area contributed by atoms with Gasteiger partial charge in [-0.25, -0.2) is 27.3 Å². The number of aromatic nitrogens is 1. The van der Waals surface area contributed by atoms with Gasteiger partial charge in [0.25, 0.3) is 0 Å². The number of nitrogens with one attached hydrogen (secondary N) is 2. The van der Waals surface area contributed by atoms with Crippen LogP contribution in [0.15, 0.2) is 46.0 Å². The molecule has 0 saturated heterocycles. The summed E-state index contributed by atoms with van der Waals surface area (Å²) in [6.07, 6.45) is 2.78. The van der Waals surface area contributed by atoms with E-state index in [0.29, 0.717) is 41.4 Å². The topological polar surface area (TPSA) is 136 Å². The third-order valence-corrected chi connectivity index (χ3v) is 9.28. The molecule has 2 N–H and O–H groups in total. The van der Waals surface area contributed by atoms with Crippen molar-refractivity contribution in [3.63, 3.8) is 0 Å². The minimum atomic E-state index is -3.91. The van der Waals surface area contributed by atoms with Crippen LogP contribution in [0.25, 0.3) is 0 Å².